The lowest BCUT2D eigenvalue weighted by atomic mass is 9.87. The Bertz CT molecular complexity index is 954. The summed E-state index contributed by atoms with van der Waals surface area (Å²) in [6.07, 6.45) is 4.54. The van der Waals surface area contributed by atoms with Crippen LogP contribution in [0.5, 0.6) is 0 Å². The third kappa shape index (κ3) is 3.67. The predicted molar refractivity (Wildman–Crippen MR) is 109 cm³/mol. The number of nitrogens with zero attached hydrogens (tertiary/aromatic N) is 5. The van der Waals surface area contributed by atoms with Crippen molar-refractivity contribution in [3.05, 3.63) is 36.0 Å². The second-order valence-electron chi connectivity index (χ2n) is 7.16. The van der Waals surface area contributed by atoms with Crippen LogP contribution in [0.3, 0.4) is 0 Å². The SMILES string of the molecule is Cc1cc(CNC(=O)C2(N)CCN(c3ncnc4[nH]ccc34)CC2)nn1C.Cl. The second-order valence-corrected chi connectivity index (χ2v) is 7.16. The van der Waals surface area contributed by atoms with Crippen molar-refractivity contribution >= 4 is 35.2 Å². The number of aromatic nitrogens is 5. The highest BCUT2D eigenvalue weighted by molar-refractivity contribution is 5.89. The molecule has 10 heteroatoms. The average Bonchev–Trinajstić information content (AvgIpc) is 3.26. The summed E-state index contributed by atoms with van der Waals surface area (Å²) in [6.45, 7) is 3.71. The fourth-order valence-corrected chi connectivity index (χ4v) is 3.52. The first-order valence-electron chi connectivity index (χ1n) is 9.06. The second kappa shape index (κ2) is 7.76. The van der Waals surface area contributed by atoms with Crippen molar-refractivity contribution in [3.8, 4) is 0 Å². The van der Waals surface area contributed by atoms with Crippen molar-refractivity contribution in [1.29, 1.82) is 0 Å². The number of halogens is 1. The number of amides is 1. The lowest BCUT2D eigenvalue weighted by Gasteiger charge is -2.38. The van der Waals surface area contributed by atoms with Gasteiger partial charge in [0.2, 0.25) is 5.91 Å². The number of aromatic amines is 1. The summed E-state index contributed by atoms with van der Waals surface area (Å²) in [5.41, 5.74) is 8.26. The standard InChI is InChI=1S/C18H24N8O.ClH/c1-12-9-13(24-25(12)2)10-21-17(27)18(19)4-7-26(8-5-18)16-14-3-6-20-15(14)22-11-23-16;/h3,6,9,11H,4-5,7-8,10,19H2,1-2H3,(H,21,27)(H,20,22,23);1H. The summed E-state index contributed by atoms with van der Waals surface area (Å²) in [5.74, 6) is 0.757. The van der Waals surface area contributed by atoms with E-state index in [-0.39, 0.29) is 18.3 Å². The van der Waals surface area contributed by atoms with Gasteiger partial charge in [0.15, 0.2) is 0 Å². The van der Waals surface area contributed by atoms with Gasteiger partial charge in [0, 0.05) is 32.0 Å². The lowest BCUT2D eigenvalue weighted by Crippen LogP contribution is -2.59. The highest BCUT2D eigenvalue weighted by atomic mass is 35.5. The molecule has 4 heterocycles. The number of fused-ring (bicyclic) bond motifs is 1. The van der Waals surface area contributed by atoms with Crippen LogP contribution in [0.4, 0.5) is 5.82 Å². The minimum Gasteiger partial charge on any atom is -0.356 e. The van der Waals surface area contributed by atoms with Crippen LogP contribution < -0.4 is 16.0 Å². The van der Waals surface area contributed by atoms with Crippen LogP contribution >= 0.6 is 12.4 Å². The number of piperidine rings is 1. The van der Waals surface area contributed by atoms with E-state index in [9.17, 15) is 4.79 Å². The normalized spacial score (nSPS) is 16.0. The van der Waals surface area contributed by atoms with E-state index in [2.05, 4.69) is 30.3 Å². The number of aryl methyl sites for hydroxylation is 2. The Balaban J connectivity index is 0.00000225. The molecule has 0 spiro atoms. The molecule has 1 aliphatic heterocycles. The van der Waals surface area contributed by atoms with E-state index in [1.807, 2.05) is 32.3 Å². The molecule has 1 aliphatic rings. The summed E-state index contributed by atoms with van der Waals surface area (Å²) >= 11 is 0. The molecule has 0 aliphatic carbocycles. The monoisotopic (exact) mass is 404 g/mol. The number of nitrogens with one attached hydrogen (secondary N) is 2. The number of carbonyl (C=O) groups is 1. The molecular weight excluding hydrogens is 380 g/mol. The Morgan fingerprint density at radius 1 is 1.36 bits per heavy atom. The van der Waals surface area contributed by atoms with Crippen LogP contribution in [0.1, 0.15) is 24.2 Å². The van der Waals surface area contributed by atoms with Crippen LogP contribution in [0.15, 0.2) is 24.7 Å². The minimum atomic E-state index is -0.870. The molecule has 1 amide bonds. The minimum absolute atomic E-state index is 0. The van der Waals surface area contributed by atoms with Gasteiger partial charge in [-0.05, 0) is 31.9 Å². The molecule has 28 heavy (non-hydrogen) atoms. The van der Waals surface area contributed by atoms with E-state index in [1.54, 1.807) is 11.0 Å². The van der Waals surface area contributed by atoms with E-state index >= 15 is 0 Å². The Morgan fingerprint density at radius 3 is 2.79 bits per heavy atom. The molecular formula is C18H25ClN8O. The Hall–Kier alpha value is -2.65. The zero-order valence-corrected chi connectivity index (χ0v) is 16.8. The number of hydrogen-bond donors (Lipinski definition) is 3. The third-order valence-electron chi connectivity index (χ3n) is 5.33. The van der Waals surface area contributed by atoms with E-state index < -0.39 is 5.54 Å². The van der Waals surface area contributed by atoms with Crippen molar-refractivity contribution < 1.29 is 4.79 Å². The van der Waals surface area contributed by atoms with Gasteiger partial charge in [-0.3, -0.25) is 9.48 Å². The molecule has 0 atom stereocenters. The maximum atomic E-state index is 12.7. The molecule has 150 valence electrons. The van der Waals surface area contributed by atoms with Crippen LogP contribution in [-0.2, 0) is 18.4 Å². The molecule has 0 aromatic carbocycles. The molecule has 4 rings (SSSR count). The van der Waals surface area contributed by atoms with E-state index in [0.717, 1.165) is 28.2 Å². The summed E-state index contributed by atoms with van der Waals surface area (Å²) < 4.78 is 1.79. The number of H-pyrrole nitrogens is 1. The summed E-state index contributed by atoms with van der Waals surface area (Å²) in [7, 11) is 1.88. The highest BCUT2D eigenvalue weighted by Crippen LogP contribution is 2.28. The number of anilines is 1. The van der Waals surface area contributed by atoms with Crippen molar-refractivity contribution in [2.75, 3.05) is 18.0 Å². The van der Waals surface area contributed by atoms with E-state index in [4.69, 9.17) is 5.73 Å². The fraction of sp³-hybridized carbons (Fsp3) is 0.444. The Labute approximate surface area is 169 Å². The smallest absolute Gasteiger partial charge is 0.240 e. The molecule has 9 nitrogen and oxygen atoms in total. The number of nitrogens with two attached hydrogens (primary N) is 1. The first kappa shape index (κ1) is 20.1. The van der Waals surface area contributed by atoms with Crippen LogP contribution in [-0.4, -0.2) is 49.3 Å². The van der Waals surface area contributed by atoms with Crippen LogP contribution in [0.25, 0.3) is 11.0 Å². The van der Waals surface area contributed by atoms with Gasteiger partial charge in [-0.25, -0.2) is 9.97 Å². The molecule has 3 aromatic rings. The van der Waals surface area contributed by atoms with Crippen molar-refractivity contribution in [1.82, 2.24) is 30.0 Å². The maximum Gasteiger partial charge on any atom is 0.240 e. The average molecular weight is 405 g/mol. The van der Waals surface area contributed by atoms with Gasteiger partial charge < -0.3 is 20.9 Å². The van der Waals surface area contributed by atoms with Gasteiger partial charge >= 0.3 is 0 Å². The lowest BCUT2D eigenvalue weighted by molar-refractivity contribution is -0.127. The molecule has 4 N–H and O–H groups in total. The summed E-state index contributed by atoms with van der Waals surface area (Å²) in [5, 5.41) is 8.29. The zero-order chi connectivity index (χ0) is 19.0. The Morgan fingerprint density at radius 2 is 2.11 bits per heavy atom. The third-order valence-corrected chi connectivity index (χ3v) is 5.33. The first-order valence-corrected chi connectivity index (χ1v) is 9.06. The maximum absolute atomic E-state index is 12.7. The summed E-state index contributed by atoms with van der Waals surface area (Å²) in [6, 6.07) is 3.93. The van der Waals surface area contributed by atoms with Gasteiger partial charge in [-0.1, -0.05) is 0 Å². The predicted octanol–water partition coefficient (Wildman–Crippen LogP) is 1.04. The van der Waals surface area contributed by atoms with Gasteiger partial charge in [-0.2, -0.15) is 5.10 Å². The van der Waals surface area contributed by atoms with Crippen LogP contribution in [0.2, 0.25) is 0 Å². The quantitative estimate of drug-likeness (QED) is 0.598. The van der Waals surface area contributed by atoms with Gasteiger partial charge in [0.05, 0.1) is 23.2 Å². The van der Waals surface area contributed by atoms with Gasteiger partial charge in [0.1, 0.15) is 17.8 Å². The Kier molecular flexibility index (Phi) is 5.57. The molecule has 0 bridgehead atoms. The van der Waals surface area contributed by atoms with Gasteiger partial charge in [-0.15, -0.1) is 12.4 Å². The molecule has 1 fully saturated rings. The number of hydrogen-bond acceptors (Lipinski definition) is 6. The highest BCUT2D eigenvalue weighted by Gasteiger charge is 2.38. The molecule has 0 radical (unpaired) electrons. The number of carbonyl (C=O) groups excluding carboxylic acids is 1. The first-order chi connectivity index (χ1) is 13.0. The molecule has 0 unspecified atom stereocenters. The van der Waals surface area contributed by atoms with Crippen molar-refractivity contribution in [2.24, 2.45) is 12.8 Å². The van der Waals surface area contributed by atoms with Gasteiger partial charge in [0.25, 0.3) is 0 Å². The fourth-order valence-electron chi connectivity index (χ4n) is 3.52. The summed E-state index contributed by atoms with van der Waals surface area (Å²) in [4.78, 5) is 26.6. The van der Waals surface area contributed by atoms with Crippen molar-refractivity contribution in [2.45, 2.75) is 31.8 Å². The number of rotatable bonds is 4. The topological polar surface area (TPSA) is 118 Å². The largest absolute Gasteiger partial charge is 0.356 e. The van der Waals surface area contributed by atoms with E-state index in [0.29, 0.717) is 32.5 Å². The molecule has 1 saturated heterocycles. The van der Waals surface area contributed by atoms with E-state index in [1.165, 1.54) is 0 Å². The molecule has 0 saturated carbocycles. The van der Waals surface area contributed by atoms with Crippen LogP contribution in [0, 0.1) is 6.92 Å². The van der Waals surface area contributed by atoms with Crippen molar-refractivity contribution in [3.63, 3.8) is 0 Å². The molecule has 3 aromatic heterocycles. The zero-order valence-electron chi connectivity index (χ0n) is 16.0.